The van der Waals surface area contributed by atoms with Crippen LogP contribution in [0.5, 0.6) is 0 Å². The zero-order valence-corrected chi connectivity index (χ0v) is 20.0. The number of rotatable bonds is 4. The number of fused-ring (bicyclic) bond motifs is 1. The zero-order chi connectivity index (χ0) is 23.0. The maximum absolute atomic E-state index is 12.2. The van der Waals surface area contributed by atoms with Crippen molar-refractivity contribution in [2.45, 2.75) is 52.9 Å². The Morgan fingerprint density at radius 3 is 2.56 bits per heavy atom. The fourth-order valence-corrected chi connectivity index (χ4v) is 5.25. The molecule has 0 bridgehead atoms. The van der Waals surface area contributed by atoms with Crippen LogP contribution in [-0.2, 0) is 16.6 Å². The van der Waals surface area contributed by atoms with Crippen molar-refractivity contribution in [3.05, 3.63) is 80.3 Å². The van der Waals surface area contributed by atoms with Gasteiger partial charge in [-0.2, -0.15) is 0 Å². The molecule has 3 nitrogen and oxygen atoms in total. The first-order valence-electron chi connectivity index (χ1n) is 10.8. The molecule has 3 aromatic rings. The Morgan fingerprint density at radius 2 is 1.91 bits per heavy atom. The van der Waals surface area contributed by atoms with Gasteiger partial charge in [0, 0.05) is 10.5 Å². The third-order valence-electron chi connectivity index (χ3n) is 6.31. The van der Waals surface area contributed by atoms with Crippen molar-refractivity contribution in [3.63, 3.8) is 0 Å². The highest BCUT2D eigenvalue weighted by Gasteiger charge is 2.30. The number of allylic oxidation sites excluding steroid dienone is 1. The first-order valence-corrected chi connectivity index (χ1v) is 11.7. The largest absolute Gasteiger partial charge is 0.369 e. The number of hydrogen-bond donors (Lipinski definition) is 0. The lowest BCUT2D eigenvalue weighted by atomic mass is 9.73. The second kappa shape index (κ2) is 8.41. The lowest BCUT2D eigenvalue weighted by molar-refractivity contribution is 0.0690. The molecule has 2 aromatic carbocycles. The van der Waals surface area contributed by atoms with E-state index in [9.17, 15) is 4.79 Å². The Morgan fingerprint density at radius 1 is 1.19 bits per heavy atom. The first-order chi connectivity index (χ1) is 15.2. The second-order valence-corrected chi connectivity index (χ2v) is 10.1. The number of carbonyl (C=O) groups is 1. The van der Waals surface area contributed by atoms with Crippen LogP contribution < -0.4 is 0 Å². The molecule has 32 heavy (non-hydrogen) atoms. The Kier molecular flexibility index (Phi) is 5.79. The molecule has 4 heteroatoms. The third kappa shape index (κ3) is 3.89. The number of esters is 1. The van der Waals surface area contributed by atoms with Gasteiger partial charge in [0.25, 0.3) is 0 Å². The van der Waals surface area contributed by atoms with Crippen molar-refractivity contribution in [1.29, 1.82) is 0 Å². The maximum atomic E-state index is 12.2. The quantitative estimate of drug-likeness (QED) is 0.328. The average molecular weight is 442 g/mol. The van der Waals surface area contributed by atoms with Crippen LogP contribution in [0.1, 0.15) is 69.8 Å². The summed E-state index contributed by atoms with van der Waals surface area (Å²) in [4.78, 5) is 18.3. The lowest BCUT2D eigenvalue weighted by Gasteiger charge is -2.32. The van der Waals surface area contributed by atoms with E-state index in [2.05, 4.69) is 58.0 Å². The maximum Gasteiger partial charge on any atom is 0.352 e. The third-order valence-corrected chi connectivity index (χ3v) is 7.41. The molecule has 0 N–H and O–H groups in total. The van der Waals surface area contributed by atoms with E-state index in [4.69, 9.17) is 16.1 Å². The molecule has 0 fully saturated rings. The van der Waals surface area contributed by atoms with Crippen molar-refractivity contribution < 1.29 is 9.53 Å². The fraction of sp³-hybridized carbons (Fsp3) is 0.286. The van der Waals surface area contributed by atoms with E-state index in [1.165, 1.54) is 21.6 Å². The summed E-state index contributed by atoms with van der Waals surface area (Å²) in [6.07, 6.45) is 11.1. The van der Waals surface area contributed by atoms with Gasteiger partial charge < -0.3 is 4.74 Å². The van der Waals surface area contributed by atoms with Gasteiger partial charge in [-0.05, 0) is 72.1 Å². The van der Waals surface area contributed by atoms with E-state index in [-0.39, 0.29) is 5.41 Å². The molecule has 1 heterocycles. The van der Waals surface area contributed by atoms with Crippen molar-refractivity contribution in [3.8, 4) is 23.7 Å². The summed E-state index contributed by atoms with van der Waals surface area (Å²) in [5.74, 6) is -0.484. The number of terminal acetylenes is 1. The molecule has 1 aliphatic rings. The smallest absolute Gasteiger partial charge is 0.352 e. The predicted molar refractivity (Wildman–Crippen MR) is 132 cm³/mol. The van der Waals surface area contributed by atoms with Crippen LogP contribution in [0.2, 0.25) is 0 Å². The van der Waals surface area contributed by atoms with Gasteiger partial charge in [-0.25, -0.2) is 9.78 Å². The minimum Gasteiger partial charge on any atom is -0.369 e. The molecular weight excluding hydrogens is 414 g/mol. The van der Waals surface area contributed by atoms with Crippen LogP contribution in [0.4, 0.5) is 0 Å². The minimum atomic E-state index is -0.484. The van der Waals surface area contributed by atoms with Crippen LogP contribution in [0.3, 0.4) is 0 Å². The average Bonchev–Trinajstić information content (AvgIpc) is 3.11. The summed E-state index contributed by atoms with van der Waals surface area (Å²) in [6, 6.07) is 12.5. The van der Waals surface area contributed by atoms with Gasteiger partial charge in [0.05, 0.1) is 11.3 Å². The number of thiazole rings is 1. The van der Waals surface area contributed by atoms with Gasteiger partial charge in [-0.1, -0.05) is 57.5 Å². The van der Waals surface area contributed by atoms with Crippen molar-refractivity contribution >= 4 is 22.9 Å². The zero-order valence-electron chi connectivity index (χ0n) is 19.2. The minimum absolute atomic E-state index is 0.0656. The van der Waals surface area contributed by atoms with E-state index in [0.29, 0.717) is 12.0 Å². The summed E-state index contributed by atoms with van der Waals surface area (Å²) in [6.45, 7) is 10.8. The summed E-state index contributed by atoms with van der Waals surface area (Å²) in [7, 11) is 0. The van der Waals surface area contributed by atoms with Crippen molar-refractivity contribution in [1.82, 2.24) is 4.98 Å². The van der Waals surface area contributed by atoms with Gasteiger partial charge >= 0.3 is 5.97 Å². The molecule has 0 amide bonds. The van der Waals surface area contributed by atoms with Gasteiger partial charge in [-0.3, -0.25) is 0 Å². The number of benzene rings is 2. The molecule has 162 valence electrons. The number of aromatic nitrogens is 1. The molecule has 4 rings (SSSR count). The molecular formula is C28H27NO2S. The number of aryl methyl sites for hydroxylation is 3. The Hall–Kier alpha value is -3.16. The normalized spacial score (nSPS) is 14.3. The Bertz CT molecular complexity index is 1270. The molecule has 0 radical (unpaired) electrons. The highest BCUT2D eigenvalue weighted by molar-refractivity contribution is 7.12. The summed E-state index contributed by atoms with van der Waals surface area (Å²) in [5, 5.41) is 1.08. The fourth-order valence-electron chi connectivity index (χ4n) is 4.28. The first kappa shape index (κ1) is 22.0. The SMILES string of the molecule is C#COC(=O)c1ccc(-c2ccc3c(c2)C(c2nc(C)c(C)s2)=CCC3(C)C)cc1CC. The van der Waals surface area contributed by atoms with E-state index in [1.807, 2.05) is 25.2 Å². The van der Waals surface area contributed by atoms with Crippen molar-refractivity contribution in [2.75, 3.05) is 0 Å². The lowest BCUT2D eigenvalue weighted by Crippen LogP contribution is -2.21. The van der Waals surface area contributed by atoms with Gasteiger partial charge in [-0.15, -0.1) is 11.3 Å². The number of ether oxygens (including phenoxy) is 1. The molecule has 1 aromatic heterocycles. The highest BCUT2D eigenvalue weighted by Crippen LogP contribution is 2.44. The van der Waals surface area contributed by atoms with Crippen LogP contribution in [0.25, 0.3) is 16.7 Å². The molecule has 0 unspecified atom stereocenters. The van der Waals surface area contributed by atoms with E-state index in [1.54, 1.807) is 11.3 Å². The molecule has 0 saturated carbocycles. The Balaban J connectivity index is 1.82. The Labute approximate surface area is 194 Å². The summed E-state index contributed by atoms with van der Waals surface area (Å²) in [5.41, 5.74) is 8.57. The summed E-state index contributed by atoms with van der Waals surface area (Å²) >= 11 is 1.76. The molecule has 0 atom stereocenters. The van der Waals surface area contributed by atoms with Gasteiger partial charge in [0.15, 0.2) is 0 Å². The van der Waals surface area contributed by atoms with Crippen molar-refractivity contribution in [2.24, 2.45) is 0 Å². The summed E-state index contributed by atoms with van der Waals surface area (Å²) < 4.78 is 4.76. The van der Waals surface area contributed by atoms with Crippen LogP contribution in [0, 0.1) is 26.4 Å². The van der Waals surface area contributed by atoms with Crippen LogP contribution >= 0.6 is 11.3 Å². The monoisotopic (exact) mass is 441 g/mol. The highest BCUT2D eigenvalue weighted by atomic mass is 32.1. The van der Waals surface area contributed by atoms with E-state index >= 15 is 0 Å². The van der Waals surface area contributed by atoms with Crippen LogP contribution in [0.15, 0.2) is 42.5 Å². The van der Waals surface area contributed by atoms with E-state index in [0.717, 1.165) is 33.8 Å². The van der Waals surface area contributed by atoms with E-state index < -0.39 is 5.97 Å². The molecule has 1 aliphatic carbocycles. The molecule has 0 aliphatic heterocycles. The number of carbonyl (C=O) groups excluding carboxylic acids is 1. The van der Waals surface area contributed by atoms with Crippen LogP contribution in [-0.4, -0.2) is 11.0 Å². The predicted octanol–water partition coefficient (Wildman–Crippen LogP) is 6.85. The standard InChI is InChI=1S/C28H27NO2S/c1-7-19-15-20(9-11-22(19)27(30)31-8-2)21-10-12-25-24(16-21)23(13-14-28(25,5)6)26-29-17(3)18(4)32-26/h2,9-13,15-16H,7,14H2,1,3-6H3. The number of hydrogen-bond acceptors (Lipinski definition) is 4. The van der Waals surface area contributed by atoms with Gasteiger partial charge in [0.1, 0.15) is 11.1 Å². The van der Waals surface area contributed by atoms with Gasteiger partial charge in [0.2, 0.25) is 0 Å². The second-order valence-electron chi connectivity index (χ2n) is 8.86. The molecule has 0 saturated heterocycles. The topological polar surface area (TPSA) is 39.2 Å². The number of nitrogens with zero attached hydrogens (tertiary/aromatic N) is 1. The molecule has 0 spiro atoms.